The molecule has 4 aromatic rings. The van der Waals surface area contributed by atoms with Crippen molar-refractivity contribution >= 4 is 11.1 Å². The molecule has 3 nitrogen and oxygen atoms in total. The summed E-state index contributed by atoms with van der Waals surface area (Å²) in [5.41, 5.74) is 6.47. The number of rotatable bonds is 5. The summed E-state index contributed by atoms with van der Waals surface area (Å²) in [6, 6.07) is 28.6. The second-order valence-corrected chi connectivity index (χ2v) is 7.09. The van der Waals surface area contributed by atoms with E-state index in [9.17, 15) is 0 Å². The number of hydrogen-bond acceptors (Lipinski definition) is 3. The van der Waals surface area contributed by atoms with Gasteiger partial charge in [0.05, 0.1) is 0 Å². The molecule has 0 saturated heterocycles. The Morgan fingerprint density at radius 2 is 1.27 bits per heavy atom. The number of nitrogens with zero attached hydrogens (tertiary/aromatic N) is 3. The van der Waals surface area contributed by atoms with Gasteiger partial charge in [0, 0.05) is 11.1 Å². The molecular weight excluding hydrogens is 366 g/mol. The molecule has 3 aromatic carbocycles. The molecule has 146 valence electrons. The van der Waals surface area contributed by atoms with Crippen molar-refractivity contribution in [2.24, 2.45) is 0 Å². The number of allylic oxidation sites excluding steroid dienone is 3. The van der Waals surface area contributed by atoms with Crippen LogP contribution >= 0.6 is 0 Å². The Bertz CT molecular complexity index is 1210. The molecule has 0 aliphatic heterocycles. The Morgan fingerprint density at radius 3 is 1.93 bits per heavy atom. The van der Waals surface area contributed by atoms with Crippen LogP contribution in [-0.2, 0) is 0 Å². The van der Waals surface area contributed by atoms with Crippen molar-refractivity contribution in [3.05, 3.63) is 115 Å². The molecule has 1 aromatic heterocycles. The largest absolute Gasteiger partial charge is 0.213 e. The Labute approximate surface area is 177 Å². The highest BCUT2D eigenvalue weighted by Crippen LogP contribution is 2.29. The van der Waals surface area contributed by atoms with Crippen LogP contribution in [-0.4, -0.2) is 15.0 Å². The third-order valence-electron chi connectivity index (χ3n) is 5.03. The summed E-state index contributed by atoms with van der Waals surface area (Å²) in [5, 5.41) is 0. The fourth-order valence-electron chi connectivity index (χ4n) is 3.48. The quantitative estimate of drug-likeness (QED) is 0.284. The number of aryl methyl sites for hydroxylation is 1. The molecule has 0 saturated carbocycles. The number of hydrogen-bond donors (Lipinski definition) is 0. The summed E-state index contributed by atoms with van der Waals surface area (Å²) >= 11 is 0. The monoisotopic (exact) mass is 389 g/mol. The lowest BCUT2D eigenvalue weighted by atomic mass is 9.94. The Kier molecular flexibility index (Phi) is 5.62. The zero-order valence-electron chi connectivity index (χ0n) is 17.2. The average Bonchev–Trinajstić information content (AvgIpc) is 2.80. The third kappa shape index (κ3) is 4.11. The van der Waals surface area contributed by atoms with Gasteiger partial charge in [0.1, 0.15) is 5.82 Å². The van der Waals surface area contributed by atoms with E-state index in [2.05, 4.69) is 59.9 Å². The maximum Gasteiger partial charge on any atom is 0.163 e. The van der Waals surface area contributed by atoms with Crippen molar-refractivity contribution in [2.75, 3.05) is 0 Å². The van der Waals surface area contributed by atoms with Gasteiger partial charge in [0.2, 0.25) is 0 Å². The molecule has 0 N–H and O–H groups in total. The van der Waals surface area contributed by atoms with Gasteiger partial charge in [0.25, 0.3) is 0 Å². The zero-order chi connectivity index (χ0) is 20.9. The first-order valence-corrected chi connectivity index (χ1v) is 9.93. The van der Waals surface area contributed by atoms with Crippen LogP contribution in [0.4, 0.5) is 0 Å². The van der Waals surface area contributed by atoms with Crippen LogP contribution in [0, 0.1) is 6.92 Å². The minimum absolute atomic E-state index is 0.670. The fourth-order valence-corrected chi connectivity index (χ4v) is 3.48. The number of aromatic nitrogens is 3. The van der Waals surface area contributed by atoms with Crippen molar-refractivity contribution < 1.29 is 0 Å². The topological polar surface area (TPSA) is 38.7 Å². The highest BCUT2D eigenvalue weighted by Gasteiger charge is 2.11. The second-order valence-electron chi connectivity index (χ2n) is 7.09. The standard InChI is InChI=1S/C27H23N3/c1-4-25(19(2)21-12-7-5-8-13-21)23-16-11-17-24(18-23)27-29-20(3)28-26(30-27)22-14-9-6-10-15-22/h4-18H,1H2,2-3H3/b25-19-. The van der Waals surface area contributed by atoms with E-state index in [4.69, 9.17) is 4.98 Å². The zero-order valence-corrected chi connectivity index (χ0v) is 17.2. The smallest absolute Gasteiger partial charge is 0.163 e. The molecule has 1 heterocycles. The van der Waals surface area contributed by atoms with Gasteiger partial charge < -0.3 is 0 Å². The maximum atomic E-state index is 4.74. The molecule has 0 aliphatic carbocycles. The van der Waals surface area contributed by atoms with Gasteiger partial charge in [-0.25, -0.2) is 15.0 Å². The van der Waals surface area contributed by atoms with E-state index in [1.807, 2.05) is 61.5 Å². The average molecular weight is 390 g/mol. The first kappa shape index (κ1) is 19.5. The predicted octanol–water partition coefficient (Wildman–Crippen LogP) is 6.63. The second kappa shape index (κ2) is 8.66. The lowest BCUT2D eigenvalue weighted by Gasteiger charge is -2.11. The minimum atomic E-state index is 0.670. The summed E-state index contributed by atoms with van der Waals surface area (Å²) in [4.78, 5) is 13.9. The van der Waals surface area contributed by atoms with Crippen LogP contribution in [0.25, 0.3) is 33.9 Å². The summed E-state index contributed by atoms with van der Waals surface area (Å²) in [7, 11) is 0. The van der Waals surface area contributed by atoms with E-state index in [1.54, 1.807) is 0 Å². The predicted molar refractivity (Wildman–Crippen MR) is 125 cm³/mol. The van der Waals surface area contributed by atoms with Crippen molar-refractivity contribution in [1.82, 2.24) is 15.0 Å². The normalized spacial score (nSPS) is 11.7. The van der Waals surface area contributed by atoms with Gasteiger partial charge in [-0.15, -0.1) is 0 Å². The third-order valence-corrected chi connectivity index (χ3v) is 5.03. The van der Waals surface area contributed by atoms with E-state index < -0.39 is 0 Å². The van der Waals surface area contributed by atoms with Crippen LogP contribution in [0.1, 0.15) is 23.9 Å². The van der Waals surface area contributed by atoms with Gasteiger partial charge in [-0.1, -0.05) is 91.5 Å². The summed E-state index contributed by atoms with van der Waals surface area (Å²) in [6.07, 6.45) is 1.91. The Hall–Kier alpha value is -3.85. The van der Waals surface area contributed by atoms with Crippen LogP contribution in [0.5, 0.6) is 0 Å². The Balaban J connectivity index is 1.79. The lowest BCUT2D eigenvalue weighted by Crippen LogP contribution is -1.99. The van der Waals surface area contributed by atoms with Gasteiger partial charge in [-0.3, -0.25) is 0 Å². The van der Waals surface area contributed by atoms with Crippen LogP contribution in [0.3, 0.4) is 0 Å². The van der Waals surface area contributed by atoms with Gasteiger partial charge in [0.15, 0.2) is 11.6 Å². The van der Waals surface area contributed by atoms with Crippen molar-refractivity contribution in [2.45, 2.75) is 13.8 Å². The van der Waals surface area contributed by atoms with E-state index in [-0.39, 0.29) is 0 Å². The molecule has 0 aliphatic rings. The maximum absolute atomic E-state index is 4.74. The van der Waals surface area contributed by atoms with E-state index >= 15 is 0 Å². The van der Waals surface area contributed by atoms with Crippen molar-refractivity contribution in [1.29, 1.82) is 0 Å². The SMILES string of the molecule is C=C/C(=C(\C)c1ccccc1)c1cccc(-c2nc(C)nc(-c3ccccc3)n2)c1. The van der Waals surface area contributed by atoms with Crippen molar-refractivity contribution in [3.63, 3.8) is 0 Å². The summed E-state index contributed by atoms with van der Waals surface area (Å²) in [5.74, 6) is 2.05. The molecule has 0 amide bonds. The molecule has 0 unspecified atom stereocenters. The van der Waals surface area contributed by atoms with Gasteiger partial charge in [-0.05, 0) is 42.2 Å². The number of benzene rings is 3. The molecule has 0 fully saturated rings. The molecule has 0 bridgehead atoms. The fraction of sp³-hybridized carbons (Fsp3) is 0.0741. The molecule has 0 radical (unpaired) electrons. The summed E-state index contributed by atoms with van der Waals surface area (Å²) < 4.78 is 0. The Morgan fingerprint density at radius 1 is 0.700 bits per heavy atom. The first-order chi connectivity index (χ1) is 14.7. The van der Waals surface area contributed by atoms with E-state index in [0.717, 1.165) is 22.3 Å². The highest BCUT2D eigenvalue weighted by molar-refractivity contribution is 5.95. The summed E-state index contributed by atoms with van der Waals surface area (Å²) in [6.45, 7) is 8.08. The molecule has 0 spiro atoms. The highest BCUT2D eigenvalue weighted by atomic mass is 15.0. The van der Waals surface area contributed by atoms with Gasteiger partial charge in [-0.2, -0.15) is 0 Å². The van der Waals surface area contributed by atoms with Crippen LogP contribution in [0.2, 0.25) is 0 Å². The molecule has 30 heavy (non-hydrogen) atoms. The van der Waals surface area contributed by atoms with E-state index in [0.29, 0.717) is 17.5 Å². The lowest BCUT2D eigenvalue weighted by molar-refractivity contribution is 0.992. The van der Waals surface area contributed by atoms with E-state index in [1.165, 1.54) is 11.1 Å². The molecule has 0 atom stereocenters. The van der Waals surface area contributed by atoms with Crippen LogP contribution < -0.4 is 0 Å². The minimum Gasteiger partial charge on any atom is -0.213 e. The van der Waals surface area contributed by atoms with Crippen LogP contribution in [0.15, 0.2) is 97.6 Å². The van der Waals surface area contributed by atoms with Crippen molar-refractivity contribution in [3.8, 4) is 22.8 Å². The van der Waals surface area contributed by atoms with Gasteiger partial charge >= 0.3 is 0 Å². The molecule has 4 rings (SSSR count). The molecular formula is C27H23N3. The first-order valence-electron chi connectivity index (χ1n) is 9.93. The molecule has 3 heteroatoms.